The van der Waals surface area contributed by atoms with Gasteiger partial charge in [0.05, 0.1) is 45.5 Å². The van der Waals surface area contributed by atoms with Crippen molar-refractivity contribution in [2.24, 2.45) is 0 Å². The Bertz CT molecular complexity index is 1650. The van der Waals surface area contributed by atoms with Crippen LogP contribution in [0.4, 0.5) is 5.69 Å². The van der Waals surface area contributed by atoms with Crippen molar-refractivity contribution in [3.63, 3.8) is 0 Å². The average molecular weight is 576 g/mol. The molecule has 8 heteroatoms. The van der Waals surface area contributed by atoms with Crippen LogP contribution in [-0.2, 0) is 9.47 Å². The highest BCUT2D eigenvalue weighted by Gasteiger charge is 2.28. The number of carbonyl (C=O) groups excluding carboxylic acids is 4. The second kappa shape index (κ2) is 12.6. The molecule has 4 aliphatic rings. The molecular formula is C35H29NO7. The molecule has 4 aliphatic carbocycles. The summed E-state index contributed by atoms with van der Waals surface area (Å²) >= 11 is 0. The van der Waals surface area contributed by atoms with Gasteiger partial charge in [0.1, 0.15) is 5.75 Å². The van der Waals surface area contributed by atoms with Gasteiger partial charge in [-0.3, -0.25) is 9.59 Å². The number of ketones is 2. The molecule has 0 heterocycles. The smallest absolute Gasteiger partial charge is 0.338 e. The van der Waals surface area contributed by atoms with Gasteiger partial charge in [0.25, 0.3) is 0 Å². The number of methoxy groups -OCH3 is 3. The highest BCUT2D eigenvalue weighted by Crippen LogP contribution is 2.35. The Labute approximate surface area is 249 Å². The van der Waals surface area contributed by atoms with Crippen LogP contribution in [0.1, 0.15) is 41.4 Å². The molecule has 0 spiro atoms. The predicted octanol–water partition coefficient (Wildman–Crippen LogP) is 6.05. The summed E-state index contributed by atoms with van der Waals surface area (Å²) in [6, 6.07) is 28.0. The zero-order valence-electron chi connectivity index (χ0n) is 24.0. The van der Waals surface area contributed by atoms with Crippen LogP contribution in [-0.4, -0.2) is 57.9 Å². The van der Waals surface area contributed by atoms with E-state index in [9.17, 15) is 19.2 Å². The molecular weight excluding hydrogens is 546 g/mol. The molecule has 0 radical (unpaired) electrons. The summed E-state index contributed by atoms with van der Waals surface area (Å²) in [6.07, 6.45) is 0. The predicted molar refractivity (Wildman–Crippen MR) is 163 cm³/mol. The van der Waals surface area contributed by atoms with Crippen LogP contribution < -0.4 is 9.64 Å². The van der Waals surface area contributed by atoms with Gasteiger partial charge in [-0.05, 0) is 58.7 Å². The van der Waals surface area contributed by atoms with Gasteiger partial charge < -0.3 is 19.1 Å². The van der Waals surface area contributed by atoms with E-state index in [4.69, 9.17) is 14.2 Å². The Balaban J connectivity index is 1.53. The quantitative estimate of drug-likeness (QED) is 0.147. The molecule has 0 bridgehead atoms. The third kappa shape index (κ3) is 5.81. The number of ether oxygens (including phenoxy) is 3. The summed E-state index contributed by atoms with van der Waals surface area (Å²) in [5.74, 6) is -1.05. The largest absolute Gasteiger partial charge is 0.497 e. The maximum Gasteiger partial charge on any atom is 0.338 e. The molecule has 1 aromatic rings. The maximum atomic E-state index is 13.9. The monoisotopic (exact) mass is 575 g/mol. The van der Waals surface area contributed by atoms with E-state index in [1.54, 1.807) is 96.9 Å². The van der Waals surface area contributed by atoms with Gasteiger partial charge in [-0.25, -0.2) is 9.59 Å². The lowest BCUT2D eigenvalue weighted by Gasteiger charge is -2.24. The van der Waals surface area contributed by atoms with Crippen LogP contribution in [0.3, 0.4) is 0 Å². The number of Topliss-reactive ketones (excluding diaryl/α,β-unsaturated/α-hetero) is 2. The third-order valence-electron chi connectivity index (χ3n) is 7.33. The molecule has 0 unspecified atom stereocenters. The number of anilines is 1. The third-order valence-corrected chi connectivity index (χ3v) is 7.33. The van der Waals surface area contributed by atoms with Crippen molar-refractivity contribution >= 4 is 29.2 Å². The topological polar surface area (TPSA) is 99.2 Å². The molecule has 0 aliphatic heterocycles. The van der Waals surface area contributed by atoms with Crippen molar-refractivity contribution in [1.29, 1.82) is 0 Å². The second-order valence-corrected chi connectivity index (χ2v) is 9.80. The fourth-order valence-electron chi connectivity index (χ4n) is 5.20. The lowest BCUT2D eigenvalue weighted by Crippen LogP contribution is -2.34. The molecule has 1 aromatic carbocycles. The molecule has 0 aromatic heterocycles. The SMILES string of the molecule is COC(=O)c1cc(C(=O)CN(CC(=O)c2cc(C(=O)OC)c3cccccc2-3)c2ccc(OC)cc2)c2cccccc1-2. The van der Waals surface area contributed by atoms with Gasteiger partial charge in [-0.1, -0.05) is 60.7 Å². The molecule has 0 saturated carbocycles. The van der Waals surface area contributed by atoms with Crippen molar-refractivity contribution < 1.29 is 33.4 Å². The molecule has 0 atom stereocenters. The van der Waals surface area contributed by atoms with Gasteiger partial charge in [0.2, 0.25) is 0 Å². The molecule has 0 amide bonds. The summed E-state index contributed by atoms with van der Waals surface area (Å²) in [5, 5.41) is 0. The number of rotatable bonds is 10. The summed E-state index contributed by atoms with van der Waals surface area (Å²) < 4.78 is 15.2. The highest BCUT2D eigenvalue weighted by molar-refractivity contribution is 6.14. The Morgan fingerprint density at radius 3 is 1.30 bits per heavy atom. The van der Waals surface area contributed by atoms with E-state index in [2.05, 4.69) is 0 Å². The van der Waals surface area contributed by atoms with Crippen molar-refractivity contribution in [3.8, 4) is 28.0 Å². The van der Waals surface area contributed by atoms with Crippen LogP contribution in [0.25, 0.3) is 22.3 Å². The first-order valence-electron chi connectivity index (χ1n) is 13.5. The first-order chi connectivity index (χ1) is 20.9. The minimum Gasteiger partial charge on any atom is -0.497 e. The van der Waals surface area contributed by atoms with E-state index in [0.29, 0.717) is 44.8 Å². The van der Waals surface area contributed by atoms with Crippen molar-refractivity contribution in [2.45, 2.75) is 0 Å². The van der Waals surface area contributed by atoms with E-state index >= 15 is 0 Å². The zero-order valence-corrected chi connectivity index (χ0v) is 24.0. The lowest BCUT2D eigenvalue weighted by atomic mass is 10.0. The molecule has 216 valence electrons. The Hall–Kier alpha value is -5.50. The normalized spacial score (nSPS) is 10.8. The van der Waals surface area contributed by atoms with Crippen LogP contribution in [0, 0.1) is 0 Å². The van der Waals surface area contributed by atoms with Gasteiger partial charge in [-0.15, -0.1) is 0 Å². The van der Waals surface area contributed by atoms with Crippen LogP contribution >= 0.6 is 0 Å². The maximum absolute atomic E-state index is 13.9. The summed E-state index contributed by atoms with van der Waals surface area (Å²) in [5.41, 5.74) is 4.28. The van der Waals surface area contributed by atoms with E-state index < -0.39 is 11.9 Å². The van der Waals surface area contributed by atoms with E-state index in [1.165, 1.54) is 14.2 Å². The molecule has 8 nitrogen and oxygen atoms in total. The van der Waals surface area contributed by atoms with Crippen molar-refractivity contribution in [1.82, 2.24) is 0 Å². The van der Waals surface area contributed by atoms with Crippen LogP contribution in [0.2, 0.25) is 0 Å². The molecule has 5 rings (SSSR count). The van der Waals surface area contributed by atoms with Gasteiger partial charge in [0, 0.05) is 16.8 Å². The number of nitrogens with zero attached hydrogens (tertiary/aromatic N) is 1. The van der Waals surface area contributed by atoms with E-state index in [1.807, 2.05) is 12.1 Å². The minimum absolute atomic E-state index is 0.160. The highest BCUT2D eigenvalue weighted by atomic mass is 16.5. The van der Waals surface area contributed by atoms with E-state index in [-0.39, 0.29) is 35.8 Å². The summed E-state index contributed by atoms with van der Waals surface area (Å²) in [7, 11) is 4.14. The van der Waals surface area contributed by atoms with Crippen molar-refractivity contribution in [2.75, 3.05) is 39.3 Å². The summed E-state index contributed by atoms with van der Waals surface area (Å²) in [6.45, 7) is -0.320. The fraction of sp³-hybridized carbons (Fsp3) is 0.143. The summed E-state index contributed by atoms with van der Waals surface area (Å²) in [4.78, 5) is 54.6. The van der Waals surface area contributed by atoms with Crippen molar-refractivity contribution in [3.05, 3.63) is 119 Å². The van der Waals surface area contributed by atoms with Gasteiger partial charge >= 0.3 is 11.9 Å². The number of esters is 2. The number of hydrogen-bond acceptors (Lipinski definition) is 8. The van der Waals surface area contributed by atoms with Gasteiger partial charge in [0.15, 0.2) is 11.6 Å². The molecule has 0 fully saturated rings. The van der Waals surface area contributed by atoms with Crippen LogP contribution in [0.5, 0.6) is 5.75 Å². The molecule has 43 heavy (non-hydrogen) atoms. The van der Waals surface area contributed by atoms with Gasteiger partial charge in [-0.2, -0.15) is 0 Å². The second-order valence-electron chi connectivity index (χ2n) is 9.80. The Morgan fingerprint density at radius 1 is 0.535 bits per heavy atom. The Kier molecular flexibility index (Phi) is 8.48. The first-order valence-corrected chi connectivity index (χ1v) is 13.5. The lowest BCUT2D eigenvalue weighted by molar-refractivity contribution is 0.0593. The average Bonchev–Trinajstić information content (AvgIpc) is 3.34. The van der Waals surface area contributed by atoms with E-state index in [0.717, 1.165) is 0 Å². The molecule has 0 saturated heterocycles. The zero-order chi connectivity index (χ0) is 30.5. The Morgan fingerprint density at radius 2 is 0.930 bits per heavy atom. The van der Waals surface area contributed by atoms with Crippen LogP contribution in [0.15, 0.2) is 97.1 Å². The minimum atomic E-state index is -0.546. The number of hydrogen-bond donors (Lipinski definition) is 0. The molecule has 0 N–H and O–H groups in total. The number of carbonyl (C=O) groups is 4. The number of benzene rings is 1. The first kappa shape index (κ1) is 29.0. The fourth-order valence-corrected chi connectivity index (χ4v) is 5.20. The number of fused-ring (bicyclic) bond motifs is 2. The standard InChI is InChI=1S/C35H29NO7/c1-41-23-16-14-22(15-17-23)36(20-32(37)28-18-30(34(39)42-2)26-12-8-4-6-10-24(26)28)21-33(38)29-19-31(35(40)43-3)27-13-9-5-7-11-25(27)29/h4-19H,20-21H2,1-3H3.